The SMILES string of the molecule is C=CCNC(C)(C)C(=O)NS(=O)(=O)c1ccc2c(c1)N(C[C@@H]1CC[C@H]1[C@@H](C=C)OC(=O)N(C)C)C[C@@]1(CCCc3cc(Cl)ccc31)CO2. The van der Waals surface area contributed by atoms with Gasteiger partial charge in [-0.2, -0.15) is 0 Å². The van der Waals surface area contributed by atoms with Gasteiger partial charge in [-0.15, -0.1) is 6.58 Å². The number of carbonyl (C=O) groups is 2. The molecule has 1 aliphatic heterocycles. The van der Waals surface area contributed by atoms with Gasteiger partial charge in [0, 0.05) is 50.1 Å². The Labute approximate surface area is 289 Å². The normalized spacial score (nSPS) is 22.6. The van der Waals surface area contributed by atoms with Crippen molar-refractivity contribution in [2.24, 2.45) is 11.8 Å². The fraction of sp³-hybridized carbons (Fsp3) is 0.500. The fourth-order valence-corrected chi connectivity index (χ4v) is 8.37. The van der Waals surface area contributed by atoms with Gasteiger partial charge in [0.1, 0.15) is 11.9 Å². The minimum absolute atomic E-state index is 0.0384. The van der Waals surface area contributed by atoms with Crippen molar-refractivity contribution in [2.75, 3.05) is 45.2 Å². The number of sulfonamides is 1. The van der Waals surface area contributed by atoms with Crippen LogP contribution in [0, 0.1) is 11.8 Å². The van der Waals surface area contributed by atoms with Crippen molar-refractivity contribution in [3.63, 3.8) is 0 Å². The molecule has 12 heteroatoms. The number of halogens is 1. The number of nitrogens with zero attached hydrogens (tertiary/aromatic N) is 2. The molecule has 10 nitrogen and oxygen atoms in total. The van der Waals surface area contributed by atoms with Crippen LogP contribution in [0.1, 0.15) is 50.7 Å². The molecular weight excluding hydrogens is 652 g/mol. The minimum Gasteiger partial charge on any atom is -0.490 e. The highest BCUT2D eigenvalue weighted by atomic mass is 35.5. The number of fused-ring (bicyclic) bond motifs is 3. The Morgan fingerprint density at radius 3 is 2.65 bits per heavy atom. The lowest BCUT2D eigenvalue weighted by atomic mass is 9.68. The van der Waals surface area contributed by atoms with E-state index in [9.17, 15) is 18.0 Å². The van der Waals surface area contributed by atoms with Crippen LogP contribution < -0.4 is 19.7 Å². The predicted octanol–water partition coefficient (Wildman–Crippen LogP) is 5.45. The van der Waals surface area contributed by atoms with Gasteiger partial charge < -0.3 is 24.6 Å². The van der Waals surface area contributed by atoms with Crippen molar-refractivity contribution >= 4 is 39.3 Å². The maximum Gasteiger partial charge on any atom is 0.409 e. The Morgan fingerprint density at radius 1 is 1.21 bits per heavy atom. The zero-order valence-electron chi connectivity index (χ0n) is 28.3. The van der Waals surface area contributed by atoms with Crippen LogP contribution in [0.4, 0.5) is 10.5 Å². The van der Waals surface area contributed by atoms with E-state index in [1.807, 2.05) is 12.1 Å². The highest BCUT2D eigenvalue weighted by Gasteiger charge is 2.45. The number of benzene rings is 2. The standard InChI is InChI=1S/C36H47ClN4O6S/c1-7-18-38-35(3,4)33(42)39-48(44,45)27-13-16-32-30(20-27)41(21-25-11-14-28(25)31(8-2)47-34(43)40(5)6)22-36(23-46-32)17-9-10-24-19-26(37)12-15-29(24)36/h7-8,12-13,15-16,19-20,25,28,31,38H,1-2,9-11,14,17-18,21-23H2,3-6H3,(H,39,42)/t25-,28+,31+,36-/m0/s1. The molecule has 1 spiro atoms. The Bertz CT molecular complexity index is 1680. The average molecular weight is 699 g/mol. The van der Waals surface area contributed by atoms with Gasteiger partial charge in [0.25, 0.3) is 15.9 Å². The van der Waals surface area contributed by atoms with Gasteiger partial charge in [0.05, 0.1) is 22.7 Å². The molecule has 2 aromatic carbocycles. The first-order valence-corrected chi connectivity index (χ1v) is 18.3. The lowest BCUT2D eigenvalue weighted by Gasteiger charge is -2.46. The fourth-order valence-electron chi connectivity index (χ4n) is 7.05. The maximum absolute atomic E-state index is 13.6. The molecule has 0 aromatic heterocycles. The molecule has 0 bridgehead atoms. The second-order valence-electron chi connectivity index (χ2n) is 13.9. The van der Waals surface area contributed by atoms with E-state index in [0.717, 1.165) is 32.1 Å². The van der Waals surface area contributed by atoms with E-state index >= 15 is 0 Å². The Morgan fingerprint density at radius 2 is 1.98 bits per heavy atom. The molecule has 1 saturated carbocycles. The number of nitrogens with one attached hydrogen (secondary N) is 2. The van der Waals surface area contributed by atoms with Crippen molar-refractivity contribution in [3.8, 4) is 5.75 Å². The molecule has 2 N–H and O–H groups in total. The summed E-state index contributed by atoms with van der Waals surface area (Å²) in [5, 5.41) is 3.69. The first-order valence-electron chi connectivity index (χ1n) is 16.4. The molecule has 3 aliphatic rings. The summed E-state index contributed by atoms with van der Waals surface area (Å²) in [6.07, 6.45) is 7.00. The van der Waals surface area contributed by atoms with Crippen molar-refractivity contribution < 1.29 is 27.5 Å². The van der Waals surface area contributed by atoms with Crippen LogP contribution in [0.2, 0.25) is 5.02 Å². The number of anilines is 1. The van der Waals surface area contributed by atoms with Gasteiger partial charge in [-0.25, -0.2) is 17.9 Å². The first kappa shape index (κ1) is 35.8. The van der Waals surface area contributed by atoms with Gasteiger partial charge in [-0.05, 0) is 93.3 Å². The number of amides is 2. The summed E-state index contributed by atoms with van der Waals surface area (Å²) in [6.45, 7) is 12.8. The van der Waals surface area contributed by atoms with Gasteiger partial charge in [-0.1, -0.05) is 36.4 Å². The lowest BCUT2D eigenvalue weighted by Crippen LogP contribution is -2.53. The van der Waals surface area contributed by atoms with E-state index in [1.165, 1.54) is 22.1 Å². The number of carbonyl (C=O) groups excluding carboxylic acids is 2. The van der Waals surface area contributed by atoms with Crippen LogP contribution in [-0.2, 0) is 31.4 Å². The average Bonchev–Trinajstić information content (AvgIpc) is 3.18. The monoisotopic (exact) mass is 698 g/mol. The van der Waals surface area contributed by atoms with Crippen LogP contribution in [0.5, 0.6) is 5.75 Å². The summed E-state index contributed by atoms with van der Waals surface area (Å²) in [7, 11) is -0.932. The quantitative estimate of drug-likeness (QED) is 0.298. The van der Waals surface area contributed by atoms with E-state index in [0.29, 0.717) is 42.7 Å². The van der Waals surface area contributed by atoms with Crippen LogP contribution in [0.3, 0.4) is 0 Å². The van der Waals surface area contributed by atoms with Gasteiger partial charge in [0.15, 0.2) is 0 Å². The molecule has 1 fully saturated rings. The van der Waals surface area contributed by atoms with Crippen LogP contribution in [0.25, 0.3) is 0 Å². The van der Waals surface area contributed by atoms with Crippen molar-refractivity contribution in [1.82, 2.24) is 14.9 Å². The maximum atomic E-state index is 13.6. The van der Waals surface area contributed by atoms with Crippen molar-refractivity contribution in [2.45, 2.75) is 67.9 Å². The largest absolute Gasteiger partial charge is 0.490 e. The highest BCUT2D eigenvalue weighted by molar-refractivity contribution is 7.90. The lowest BCUT2D eigenvalue weighted by molar-refractivity contribution is -0.124. The summed E-state index contributed by atoms with van der Waals surface area (Å²) >= 11 is 6.41. The molecule has 0 saturated heterocycles. The molecule has 260 valence electrons. The number of hydrogen-bond acceptors (Lipinski definition) is 8. The summed E-state index contributed by atoms with van der Waals surface area (Å²) in [4.78, 5) is 29.1. The molecular formula is C36H47ClN4O6S. The van der Waals surface area contributed by atoms with Crippen LogP contribution >= 0.6 is 11.6 Å². The third-order valence-electron chi connectivity index (χ3n) is 9.99. The molecule has 5 rings (SSSR count). The molecule has 0 radical (unpaired) electrons. The summed E-state index contributed by atoms with van der Waals surface area (Å²) < 4.78 is 41.9. The van der Waals surface area contributed by atoms with E-state index in [2.05, 4.69) is 34.2 Å². The van der Waals surface area contributed by atoms with Gasteiger partial charge >= 0.3 is 6.09 Å². The molecule has 2 aromatic rings. The van der Waals surface area contributed by atoms with E-state index in [4.69, 9.17) is 21.1 Å². The zero-order valence-corrected chi connectivity index (χ0v) is 29.8. The summed E-state index contributed by atoms with van der Waals surface area (Å²) in [5.41, 5.74) is 1.52. The molecule has 1 heterocycles. The smallest absolute Gasteiger partial charge is 0.409 e. The molecule has 2 amide bonds. The second kappa shape index (κ2) is 14.1. The van der Waals surface area contributed by atoms with Crippen molar-refractivity contribution in [1.29, 1.82) is 0 Å². The predicted molar refractivity (Wildman–Crippen MR) is 188 cm³/mol. The van der Waals surface area contributed by atoms with Gasteiger partial charge in [0.2, 0.25) is 0 Å². The molecule has 4 atom stereocenters. The summed E-state index contributed by atoms with van der Waals surface area (Å²) in [5.74, 6) is 0.102. The number of ether oxygens (including phenoxy) is 2. The van der Waals surface area contributed by atoms with E-state index < -0.39 is 33.7 Å². The summed E-state index contributed by atoms with van der Waals surface area (Å²) in [6, 6.07) is 10.8. The Balaban J connectivity index is 1.50. The topological polar surface area (TPSA) is 117 Å². The van der Waals surface area contributed by atoms with E-state index in [-0.39, 0.29) is 22.1 Å². The van der Waals surface area contributed by atoms with Crippen LogP contribution in [-0.4, -0.2) is 77.3 Å². The highest BCUT2D eigenvalue weighted by Crippen LogP contribution is 2.47. The molecule has 2 aliphatic carbocycles. The number of rotatable bonds is 11. The third-order valence-corrected chi connectivity index (χ3v) is 11.6. The molecule has 0 unspecified atom stereocenters. The van der Waals surface area contributed by atoms with E-state index in [1.54, 1.807) is 52.2 Å². The number of hydrogen-bond donors (Lipinski definition) is 2. The molecule has 48 heavy (non-hydrogen) atoms. The number of aryl methyl sites for hydroxylation is 1. The Hall–Kier alpha value is -3.54. The van der Waals surface area contributed by atoms with Gasteiger partial charge in [-0.3, -0.25) is 4.79 Å². The zero-order chi connectivity index (χ0) is 34.9. The third kappa shape index (κ3) is 7.38. The Kier molecular flexibility index (Phi) is 10.5. The second-order valence-corrected chi connectivity index (χ2v) is 16.1. The van der Waals surface area contributed by atoms with Crippen LogP contribution in [0.15, 0.2) is 66.6 Å². The minimum atomic E-state index is -4.23. The van der Waals surface area contributed by atoms with Crippen molar-refractivity contribution in [3.05, 3.63) is 77.9 Å². The first-order chi connectivity index (χ1) is 22.7.